The van der Waals surface area contributed by atoms with Gasteiger partial charge in [-0.25, -0.2) is 22.2 Å². The van der Waals surface area contributed by atoms with Crippen LogP contribution in [0.15, 0.2) is 88.1 Å². The highest BCUT2D eigenvalue weighted by molar-refractivity contribution is 7.92. The predicted molar refractivity (Wildman–Crippen MR) is 184 cm³/mol. The molecular weight excluding hydrogens is 654 g/mol. The normalized spacial score (nSPS) is 12.4. The first-order chi connectivity index (χ1) is 23.3. The monoisotopic (exact) mass is 686 g/mol. The Kier molecular flexibility index (Phi) is 8.82. The fraction of sp³-hybridized carbons (Fsp3) is 0.194. The number of hydrogen-bond acceptors (Lipinski definition) is 7. The lowest BCUT2D eigenvalue weighted by atomic mass is 9.97. The summed E-state index contributed by atoms with van der Waals surface area (Å²) < 4.78 is 67.5. The number of anilines is 1. The van der Waals surface area contributed by atoms with Crippen LogP contribution in [-0.4, -0.2) is 57.9 Å². The Labute approximate surface area is 280 Å². The van der Waals surface area contributed by atoms with Crippen molar-refractivity contribution in [1.82, 2.24) is 14.9 Å². The molecule has 0 spiro atoms. The maximum atomic E-state index is 14.2. The number of carbonyl (C=O) groups excluding carboxylic acids is 1. The van der Waals surface area contributed by atoms with Crippen molar-refractivity contribution in [1.29, 1.82) is 0 Å². The third kappa shape index (κ3) is 6.18. The van der Waals surface area contributed by atoms with Crippen LogP contribution in [0.4, 0.5) is 14.5 Å². The maximum absolute atomic E-state index is 14.2. The van der Waals surface area contributed by atoms with Crippen LogP contribution < -0.4 is 15.2 Å². The van der Waals surface area contributed by atoms with Crippen LogP contribution in [0.3, 0.4) is 0 Å². The largest absolute Gasteiger partial charge is 0.455 e. The van der Waals surface area contributed by atoms with Crippen LogP contribution in [-0.2, 0) is 14.8 Å². The SMILES string of the molecule is CNC(=O)c1c(-c2ccc(F)cc2)oc2cc(N(C)S(C)(=O)=O)c(-c3ccc4nc(C)n(C(COC)c5ccc(F)cc5)c(=O)c4c3)cc12. The minimum atomic E-state index is -3.80. The highest BCUT2D eigenvalue weighted by Crippen LogP contribution is 2.41. The lowest BCUT2D eigenvalue weighted by Gasteiger charge is -2.23. The quantitative estimate of drug-likeness (QED) is 0.196. The van der Waals surface area contributed by atoms with Gasteiger partial charge in [-0.3, -0.25) is 18.5 Å². The molecule has 252 valence electrons. The van der Waals surface area contributed by atoms with Crippen LogP contribution in [0.1, 0.15) is 27.8 Å². The molecule has 0 saturated heterocycles. The molecule has 13 heteroatoms. The van der Waals surface area contributed by atoms with Gasteiger partial charge in [-0.1, -0.05) is 18.2 Å². The number of furan rings is 1. The van der Waals surface area contributed by atoms with E-state index in [0.29, 0.717) is 39.0 Å². The Morgan fingerprint density at radius 2 is 1.61 bits per heavy atom. The van der Waals surface area contributed by atoms with Crippen LogP contribution in [0.2, 0.25) is 0 Å². The zero-order chi connectivity index (χ0) is 35.2. The molecular formula is C36H32F2N4O6S. The molecule has 0 aliphatic rings. The van der Waals surface area contributed by atoms with E-state index in [2.05, 4.69) is 10.3 Å². The summed E-state index contributed by atoms with van der Waals surface area (Å²) in [5.74, 6) is -0.770. The van der Waals surface area contributed by atoms with E-state index >= 15 is 0 Å². The summed E-state index contributed by atoms with van der Waals surface area (Å²) in [4.78, 5) is 32.2. The average Bonchev–Trinajstić information content (AvgIpc) is 3.45. The van der Waals surface area contributed by atoms with Gasteiger partial charge in [0.25, 0.3) is 11.5 Å². The zero-order valence-electron chi connectivity index (χ0n) is 27.2. The lowest BCUT2D eigenvalue weighted by molar-refractivity contribution is 0.0964. The van der Waals surface area contributed by atoms with E-state index in [4.69, 9.17) is 9.15 Å². The number of sulfonamides is 1. The fourth-order valence-corrected chi connectivity index (χ4v) is 6.47. The van der Waals surface area contributed by atoms with Gasteiger partial charge in [0.1, 0.15) is 28.8 Å². The Morgan fingerprint density at radius 1 is 0.980 bits per heavy atom. The second kappa shape index (κ2) is 12.9. The van der Waals surface area contributed by atoms with Crippen LogP contribution in [0, 0.1) is 18.6 Å². The second-order valence-electron chi connectivity index (χ2n) is 11.6. The van der Waals surface area contributed by atoms with Crippen molar-refractivity contribution in [2.45, 2.75) is 13.0 Å². The molecule has 1 N–H and O–H groups in total. The number of ether oxygens (including phenoxy) is 1. The van der Waals surface area contributed by atoms with E-state index in [1.54, 1.807) is 43.3 Å². The Balaban J connectivity index is 1.62. The van der Waals surface area contributed by atoms with Gasteiger partial charge in [-0.05, 0) is 72.6 Å². The molecule has 0 radical (unpaired) electrons. The predicted octanol–water partition coefficient (Wildman–Crippen LogP) is 6.05. The van der Waals surface area contributed by atoms with Gasteiger partial charge in [0.15, 0.2) is 0 Å². The van der Waals surface area contributed by atoms with Crippen molar-refractivity contribution in [3.63, 3.8) is 0 Å². The van der Waals surface area contributed by atoms with E-state index in [-0.39, 0.29) is 40.1 Å². The number of fused-ring (bicyclic) bond motifs is 2. The van der Waals surface area contributed by atoms with Gasteiger partial charge in [0, 0.05) is 43.8 Å². The summed E-state index contributed by atoms with van der Waals surface area (Å²) in [6.45, 7) is 1.81. The minimum absolute atomic E-state index is 0.109. The lowest BCUT2D eigenvalue weighted by Crippen LogP contribution is -2.31. The van der Waals surface area contributed by atoms with E-state index in [9.17, 15) is 26.8 Å². The number of benzene rings is 4. The molecule has 0 saturated carbocycles. The summed E-state index contributed by atoms with van der Waals surface area (Å²) in [6, 6.07) is 18.8. The first-order valence-electron chi connectivity index (χ1n) is 15.1. The number of amides is 1. The van der Waals surface area contributed by atoms with E-state index in [1.165, 1.54) is 68.2 Å². The molecule has 0 bridgehead atoms. The molecule has 2 aromatic heterocycles. The molecule has 4 aromatic carbocycles. The number of aromatic nitrogens is 2. The Hall–Kier alpha value is -5.40. The molecule has 49 heavy (non-hydrogen) atoms. The number of methoxy groups -OCH3 is 1. The number of nitrogens with zero attached hydrogens (tertiary/aromatic N) is 3. The number of nitrogens with one attached hydrogen (secondary N) is 1. The van der Waals surface area contributed by atoms with Gasteiger partial charge in [-0.15, -0.1) is 0 Å². The van der Waals surface area contributed by atoms with E-state index < -0.39 is 33.6 Å². The van der Waals surface area contributed by atoms with Gasteiger partial charge in [0.05, 0.1) is 41.1 Å². The topological polar surface area (TPSA) is 124 Å². The molecule has 0 fully saturated rings. The van der Waals surface area contributed by atoms with E-state index in [0.717, 1.165) is 10.6 Å². The molecule has 10 nitrogen and oxygen atoms in total. The molecule has 6 aromatic rings. The van der Waals surface area contributed by atoms with Crippen molar-refractivity contribution in [3.05, 3.63) is 118 Å². The average molecular weight is 687 g/mol. The van der Waals surface area contributed by atoms with Gasteiger partial charge in [0.2, 0.25) is 10.0 Å². The summed E-state index contributed by atoms with van der Waals surface area (Å²) in [5.41, 5.74) is 2.57. The molecule has 6 rings (SSSR count). The highest BCUT2D eigenvalue weighted by atomic mass is 32.2. The van der Waals surface area contributed by atoms with Crippen molar-refractivity contribution >= 4 is 43.5 Å². The molecule has 1 atom stereocenters. The Morgan fingerprint density at radius 3 is 2.22 bits per heavy atom. The molecule has 2 heterocycles. The molecule has 0 aliphatic carbocycles. The zero-order valence-corrected chi connectivity index (χ0v) is 28.1. The molecule has 0 aliphatic heterocycles. The van der Waals surface area contributed by atoms with Crippen molar-refractivity contribution in [3.8, 4) is 22.5 Å². The minimum Gasteiger partial charge on any atom is -0.455 e. The third-order valence-corrected chi connectivity index (χ3v) is 9.67. The van der Waals surface area contributed by atoms with Crippen molar-refractivity contribution in [2.75, 3.05) is 38.4 Å². The number of carbonyl (C=O) groups is 1. The number of halogens is 2. The van der Waals surface area contributed by atoms with Gasteiger partial charge >= 0.3 is 0 Å². The second-order valence-corrected chi connectivity index (χ2v) is 13.6. The van der Waals surface area contributed by atoms with Crippen LogP contribution >= 0.6 is 0 Å². The summed E-state index contributed by atoms with van der Waals surface area (Å²) in [7, 11) is 0.561. The number of rotatable bonds is 9. The van der Waals surface area contributed by atoms with Gasteiger partial charge < -0.3 is 14.5 Å². The summed E-state index contributed by atoms with van der Waals surface area (Å²) >= 11 is 0. The number of hydrogen-bond donors (Lipinski definition) is 1. The third-order valence-electron chi connectivity index (χ3n) is 8.48. The smallest absolute Gasteiger partial charge is 0.262 e. The Bertz CT molecular complexity index is 2410. The van der Waals surface area contributed by atoms with Crippen molar-refractivity contribution < 1.29 is 31.1 Å². The standard InChI is InChI=1S/C36H32F2N4O6S/c1-20-40-29-15-10-23(16-27(29)36(44)42(20)31(19-47-4)21-6-11-24(37)12-7-21)26-17-28-32(18-30(26)41(3)49(5,45)46)48-34(33(28)35(43)39-2)22-8-13-25(38)14-9-22/h6-18,31H,19H2,1-5H3,(H,39,43). The fourth-order valence-electron chi connectivity index (χ4n) is 5.96. The molecule has 1 amide bonds. The van der Waals surface area contributed by atoms with Crippen LogP contribution in [0.5, 0.6) is 0 Å². The summed E-state index contributed by atoms with van der Waals surface area (Å²) in [5, 5.41) is 3.23. The highest BCUT2D eigenvalue weighted by Gasteiger charge is 2.27. The van der Waals surface area contributed by atoms with Gasteiger partial charge in [-0.2, -0.15) is 0 Å². The molecule has 1 unspecified atom stereocenters. The van der Waals surface area contributed by atoms with Crippen molar-refractivity contribution in [2.24, 2.45) is 0 Å². The number of aryl methyl sites for hydroxylation is 1. The first-order valence-corrected chi connectivity index (χ1v) is 17.0. The van der Waals surface area contributed by atoms with Crippen LogP contribution in [0.25, 0.3) is 44.3 Å². The van der Waals surface area contributed by atoms with E-state index in [1.807, 2.05) is 0 Å². The summed E-state index contributed by atoms with van der Waals surface area (Å²) in [6.07, 6.45) is 1.06. The maximum Gasteiger partial charge on any atom is 0.262 e. The first kappa shape index (κ1) is 33.5.